The zero-order chi connectivity index (χ0) is 18.8. The van der Waals surface area contributed by atoms with Gasteiger partial charge in [0.2, 0.25) is 5.91 Å². The minimum atomic E-state index is -0.637. The van der Waals surface area contributed by atoms with Crippen molar-refractivity contribution in [1.29, 1.82) is 0 Å². The number of H-pyrrole nitrogens is 1. The van der Waals surface area contributed by atoms with E-state index in [1.165, 1.54) is 11.3 Å². The predicted octanol–water partition coefficient (Wildman–Crippen LogP) is 1.85. The van der Waals surface area contributed by atoms with E-state index in [0.717, 1.165) is 4.57 Å². The highest BCUT2D eigenvalue weighted by atomic mass is 32.1. The maximum absolute atomic E-state index is 12.5. The summed E-state index contributed by atoms with van der Waals surface area (Å²) in [4.78, 5) is 48.0. The first-order chi connectivity index (χ1) is 13.1. The summed E-state index contributed by atoms with van der Waals surface area (Å²) < 4.78 is 0.866. The number of pyridine rings is 1. The average Bonchev–Trinajstić information content (AvgIpc) is 3.14. The van der Waals surface area contributed by atoms with Gasteiger partial charge in [-0.25, -0.2) is 9.78 Å². The Morgan fingerprint density at radius 1 is 1.11 bits per heavy atom. The number of thiazole rings is 1. The highest BCUT2D eigenvalue weighted by Gasteiger charge is 2.13. The fourth-order valence-corrected chi connectivity index (χ4v) is 3.33. The number of hydrogen-bond acceptors (Lipinski definition) is 6. The number of para-hydroxylation sites is 1. The lowest BCUT2D eigenvalue weighted by Gasteiger charge is -2.06. The van der Waals surface area contributed by atoms with Gasteiger partial charge in [-0.2, -0.15) is 0 Å². The fourth-order valence-electron chi connectivity index (χ4n) is 2.61. The molecule has 2 N–H and O–H groups in total. The third-order valence-corrected chi connectivity index (χ3v) is 4.63. The van der Waals surface area contributed by atoms with Gasteiger partial charge in [0.05, 0.1) is 16.6 Å². The number of rotatable bonds is 4. The third-order valence-electron chi connectivity index (χ3n) is 3.87. The number of carbonyl (C=O) groups excluding carboxylic acids is 1. The van der Waals surface area contributed by atoms with Crippen molar-refractivity contribution in [3.8, 4) is 11.4 Å². The van der Waals surface area contributed by atoms with E-state index in [9.17, 15) is 14.4 Å². The summed E-state index contributed by atoms with van der Waals surface area (Å²) in [7, 11) is 0. The second kappa shape index (κ2) is 6.96. The monoisotopic (exact) mass is 379 g/mol. The second-order valence-corrected chi connectivity index (χ2v) is 6.53. The lowest BCUT2D eigenvalue weighted by atomic mass is 10.2. The molecule has 1 amide bonds. The smallest absolute Gasteiger partial charge is 0.307 e. The Bertz CT molecular complexity index is 1240. The van der Waals surface area contributed by atoms with Crippen LogP contribution in [-0.2, 0) is 11.3 Å². The topological polar surface area (TPSA) is 110 Å². The Morgan fingerprint density at radius 2 is 1.93 bits per heavy atom. The van der Waals surface area contributed by atoms with Crippen LogP contribution in [0.3, 0.4) is 0 Å². The van der Waals surface area contributed by atoms with Crippen LogP contribution in [0.1, 0.15) is 0 Å². The molecule has 0 saturated heterocycles. The number of nitrogens with one attached hydrogen (secondary N) is 2. The van der Waals surface area contributed by atoms with Gasteiger partial charge in [0, 0.05) is 11.6 Å². The number of carbonyl (C=O) groups is 1. The quantitative estimate of drug-likeness (QED) is 0.562. The van der Waals surface area contributed by atoms with Gasteiger partial charge >= 0.3 is 5.69 Å². The van der Waals surface area contributed by atoms with Crippen molar-refractivity contribution in [1.82, 2.24) is 19.5 Å². The minimum Gasteiger partial charge on any atom is -0.307 e. The van der Waals surface area contributed by atoms with E-state index in [0.29, 0.717) is 27.4 Å². The highest BCUT2D eigenvalue weighted by molar-refractivity contribution is 7.14. The first-order valence-corrected chi connectivity index (χ1v) is 8.88. The minimum absolute atomic E-state index is 0.344. The molecule has 1 aromatic carbocycles. The van der Waals surface area contributed by atoms with E-state index in [1.54, 1.807) is 41.9 Å². The zero-order valence-electron chi connectivity index (χ0n) is 13.9. The van der Waals surface area contributed by atoms with Crippen molar-refractivity contribution < 1.29 is 4.79 Å². The molecular formula is C18H13N5O3S. The fraction of sp³-hybridized carbons (Fsp3) is 0.0556. The lowest BCUT2D eigenvalue weighted by Crippen LogP contribution is -2.38. The molecular weight excluding hydrogens is 366 g/mol. The Hall–Kier alpha value is -3.59. The normalized spacial score (nSPS) is 10.8. The summed E-state index contributed by atoms with van der Waals surface area (Å²) in [6, 6.07) is 12.1. The van der Waals surface area contributed by atoms with E-state index < -0.39 is 23.7 Å². The molecule has 9 heteroatoms. The molecule has 0 aliphatic rings. The molecule has 3 aromatic heterocycles. The number of nitrogens with zero attached hydrogens (tertiary/aromatic N) is 3. The van der Waals surface area contributed by atoms with Crippen LogP contribution in [-0.4, -0.2) is 25.4 Å². The number of anilines is 1. The van der Waals surface area contributed by atoms with Crippen molar-refractivity contribution in [2.24, 2.45) is 0 Å². The van der Waals surface area contributed by atoms with Crippen LogP contribution < -0.4 is 16.6 Å². The summed E-state index contributed by atoms with van der Waals surface area (Å²) >= 11 is 1.24. The number of aromatic amines is 1. The molecule has 0 atom stereocenters. The van der Waals surface area contributed by atoms with Crippen LogP contribution in [0, 0.1) is 0 Å². The Morgan fingerprint density at radius 3 is 2.74 bits per heavy atom. The van der Waals surface area contributed by atoms with E-state index in [1.807, 2.05) is 12.1 Å². The van der Waals surface area contributed by atoms with Crippen molar-refractivity contribution in [3.05, 3.63) is 74.9 Å². The van der Waals surface area contributed by atoms with E-state index in [4.69, 9.17) is 0 Å². The molecule has 8 nitrogen and oxygen atoms in total. The molecule has 3 heterocycles. The van der Waals surface area contributed by atoms with Crippen molar-refractivity contribution in [2.45, 2.75) is 6.54 Å². The van der Waals surface area contributed by atoms with E-state index in [2.05, 4.69) is 20.3 Å². The van der Waals surface area contributed by atoms with Gasteiger partial charge < -0.3 is 10.3 Å². The van der Waals surface area contributed by atoms with Crippen LogP contribution in [0.25, 0.3) is 22.3 Å². The molecule has 0 saturated carbocycles. The predicted molar refractivity (Wildman–Crippen MR) is 103 cm³/mol. The molecule has 134 valence electrons. The molecule has 4 aromatic rings. The third kappa shape index (κ3) is 3.40. The molecule has 27 heavy (non-hydrogen) atoms. The van der Waals surface area contributed by atoms with Gasteiger partial charge in [0.15, 0.2) is 5.13 Å². The summed E-state index contributed by atoms with van der Waals surface area (Å²) in [5.74, 6) is -0.514. The number of benzene rings is 1. The Balaban J connectivity index is 1.56. The maximum Gasteiger partial charge on any atom is 0.329 e. The van der Waals surface area contributed by atoms with Crippen molar-refractivity contribution in [2.75, 3.05) is 5.32 Å². The van der Waals surface area contributed by atoms with Gasteiger partial charge in [-0.15, -0.1) is 11.3 Å². The Kier molecular flexibility index (Phi) is 4.35. The largest absolute Gasteiger partial charge is 0.329 e. The van der Waals surface area contributed by atoms with Gasteiger partial charge in [0.1, 0.15) is 12.2 Å². The second-order valence-electron chi connectivity index (χ2n) is 5.67. The first-order valence-electron chi connectivity index (χ1n) is 8.00. The summed E-state index contributed by atoms with van der Waals surface area (Å²) in [5, 5.41) is 5.09. The molecule has 0 aliphatic carbocycles. The number of fused-ring (bicyclic) bond motifs is 1. The van der Waals surface area contributed by atoms with Crippen LogP contribution in [0.15, 0.2) is 63.6 Å². The SMILES string of the molecule is O=C(Cn1c(=O)[nH]c2ccccc2c1=O)Nc1nc(-c2ccccn2)cs1. The van der Waals surface area contributed by atoms with Gasteiger partial charge in [-0.3, -0.25) is 19.1 Å². The van der Waals surface area contributed by atoms with Crippen LogP contribution >= 0.6 is 11.3 Å². The standard InChI is InChI=1S/C18H13N5O3S/c24-15(22-17-20-14(10-27-17)13-7-3-4-8-19-13)9-23-16(25)11-5-1-2-6-12(11)21-18(23)26/h1-8,10H,9H2,(H,21,26)(H,20,22,24). The first kappa shape index (κ1) is 16.9. The van der Waals surface area contributed by atoms with E-state index in [-0.39, 0.29) is 0 Å². The summed E-state index contributed by atoms with van der Waals surface area (Å²) in [6.07, 6.45) is 1.66. The number of hydrogen-bond donors (Lipinski definition) is 2. The summed E-state index contributed by atoms with van der Waals surface area (Å²) in [5.41, 5.74) is 0.608. The molecule has 0 aliphatic heterocycles. The maximum atomic E-state index is 12.5. The molecule has 0 spiro atoms. The van der Waals surface area contributed by atoms with Crippen molar-refractivity contribution >= 4 is 33.3 Å². The average molecular weight is 379 g/mol. The molecule has 0 fully saturated rings. The zero-order valence-corrected chi connectivity index (χ0v) is 14.7. The van der Waals surface area contributed by atoms with Crippen molar-refractivity contribution in [3.63, 3.8) is 0 Å². The van der Waals surface area contributed by atoms with Gasteiger partial charge in [-0.05, 0) is 24.3 Å². The lowest BCUT2D eigenvalue weighted by molar-refractivity contribution is -0.116. The van der Waals surface area contributed by atoms with Crippen LogP contribution in [0.4, 0.5) is 5.13 Å². The van der Waals surface area contributed by atoms with Gasteiger partial charge in [-0.1, -0.05) is 18.2 Å². The molecule has 4 rings (SSSR count). The molecule has 0 radical (unpaired) electrons. The summed E-state index contributed by atoms with van der Waals surface area (Å²) in [6.45, 7) is -0.405. The highest BCUT2D eigenvalue weighted by Crippen LogP contribution is 2.22. The molecule has 0 unspecified atom stereocenters. The Labute approximate surface area is 156 Å². The number of amides is 1. The van der Waals surface area contributed by atoms with E-state index >= 15 is 0 Å². The number of aromatic nitrogens is 4. The van der Waals surface area contributed by atoms with Crippen LogP contribution in [0.2, 0.25) is 0 Å². The van der Waals surface area contributed by atoms with Crippen LogP contribution in [0.5, 0.6) is 0 Å². The molecule has 0 bridgehead atoms. The van der Waals surface area contributed by atoms with Gasteiger partial charge in [0.25, 0.3) is 5.56 Å².